The average molecular weight is 341 g/mol. The van der Waals surface area contributed by atoms with Crippen LogP contribution >= 0.6 is 39.1 Å². The first kappa shape index (κ1) is 14.6. The fraction of sp³-hybridized carbons (Fsp3) is 0.364. The molecular weight excluding hydrogens is 329 g/mol. The number of anilines is 1. The first-order chi connectivity index (χ1) is 7.99. The van der Waals surface area contributed by atoms with Gasteiger partial charge in [0, 0.05) is 4.47 Å². The number of methoxy groups -OCH3 is 1. The number of nitrogens with one attached hydrogen (secondary N) is 1. The molecule has 1 unspecified atom stereocenters. The van der Waals surface area contributed by atoms with Crippen molar-refractivity contribution in [2.45, 2.75) is 19.4 Å². The Hall–Kier alpha value is -0.450. The molecule has 0 amide bonds. The highest BCUT2D eigenvalue weighted by molar-refractivity contribution is 9.10. The summed E-state index contributed by atoms with van der Waals surface area (Å²) in [7, 11) is 1.34. The molecule has 17 heavy (non-hydrogen) atoms. The van der Waals surface area contributed by atoms with Crippen LogP contribution in [0.3, 0.4) is 0 Å². The van der Waals surface area contributed by atoms with E-state index < -0.39 is 6.04 Å². The maximum atomic E-state index is 11.5. The normalized spacial score (nSPS) is 12.1. The number of esters is 1. The van der Waals surface area contributed by atoms with Crippen LogP contribution in [0.2, 0.25) is 10.0 Å². The lowest BCUT2D eigenvalue weighted by atomic mass is 10.2. The van der Waals surface area contributed by atoms with E-state index in [1.165, 1.54) is 7.11 Å². The third kappa shape index (κ3) is 3.76. The van der Waals surface area contributed by atoms with Gasteiger partial charge in [-0.15, -0.1) is 0 Å². The van der Waals surface area contributed by atoms with Crippen molar-refractivity contribution in [3.8, 4) is 0 Å². The van der Waals surface area contributed by atoms with Crippen molar-refractivity contribution in [1.29, 1.82) is 0 Å². The van der Waals surface area contributed by atoms with Crippen LogP contribution in [0.15, 0.2) is 16.6 Å². The monoisotopic (exact) mass is 339 g/mol. The summed E-state index contributed by atoms with van der Waals surface area (Å²) in [6, 6.07) is 2.95. The lowest BCUT2D eigenvalue weighted by Gasteiger charge is -2.18. The van der Waals surface area contributed by atoms with E-state index in [9.17, 15) is 4.79 Å². The highest BCUT2D eigenvalue weighted by Gasteiger charge is 2.19. The van der Waals surface area contributed by atoms with E-state index >= 15 is 0 Å². The topological polar surface area (TPSA) is 38.3 Å². The molecule has 0 heterocycles. The number of hydrogen-bond acceptors (Lipinski definition) is 3. The molecule has 0 bridgehead atoms. The van der Waals surface area contributed by atoms with Gasteiger partial charge in [-0.25, -0.2) is 4.79 Å². The fourth-order valence-corrected chi connectivity index (χ4v) is 2.64. The molecule has 0 aliphatic heterocycles. The van der Waals surface area contributed by atoms with Crippen molar-refractivity contribution < 1.29 is 9.53 Å². The third-order valence-electron chi connectivity index (χ3n) is 2.22. The molecule has 1 atom stereocenters. The minimum Gasteiger partial charge on any atom is -0.467 e. The van der Waals surface area contributed by atoms with Crippen LogP contribution in [-0.4, -0.2) is 19.1 Å². The molecular formula is C11H12BrCl2NO2. The average Bonchev–Trinajstić information content (AvgIpc) is 2.27. The Labute approximate surface area is 119 Å². The van der Waals surface area contributed by atoms with Crippen molar-refractivity contribution in [2.75, 3.05) is 12.4 Å². The van der Waals surface area contributed by atoms with E-state index in [4.69, 9.17) is 23.2 Å². The zero-order chi connectivity index (χ0) is 13.0. The van der Waals surface area contributed by atoms with Gasteiger partial charge in [0.25, 0.3) is 0 Å². The summed E-state index contributed by atoms with van der Waals surface area (Å²) in [4.78, 5) is 11.5. The van der Waals surface area contributed by atoms with Crippen LogP contribution in [0.5, 0.6) is 0 Å². The van der Waals surface area contributed by atoms with Crippen LogP contribution in [0.1, 0.15) is 13.3 Å². The molecule has 3 nitrogen and oxygen atoms in total. The van der Waals surface area contributed by atoms with E-state index in [1.54, 1.807) is 12.1 Å². The molecule has 0 saturated heterocycles. The summed E-state index contributed by atoms with van der Waals surface area (Å²) < 4.78 is 5.46. The summed E-state index contributed by atoms with van der Waals surface area (Å²) in [5.41, 5.74) is 0.536. The summed E-state index contributed by atoms with van der Waals surface area (Å²) in [6.45, 7) is 1.87. The molecule has 0 fully saturated rings. The predicted octanol–water partition coefficient (Wildman–Crippen LogP) is 4.12. The van der Waals surface area contributed by atoms with Crippen LogP contribution in [-0.2, 0) is 9.53 Å². The van der Waals surface area contributed by atoms with E-state index in [2.05, 4.69) is 26.0 Å². The molecule has 1 aromatic carbocycles. The molecule has 0 aliphatic carbocycles. The van der Waals surface area contributed by atoms with Gasteiger partial charge in [-0.3, -0.25) is 0 Å². The highest BCUT2D eigenvalue weighted by atomic mass is 79.9. The maximum absolute atomic E-state index is 11.5. The Morgan fingerprint density at radius 3 is 2.41 bits per heavy atom. The van der Waals surface area contributed by atoms with Crippen LogP contribution in [0.4, 0.5) is 5.69 Å². The zero-order valence-electron chi connectivity index (χ0n) is 9.39. The molecule has 94 valence electrons. The smallest absolute Gasteiger partial charge is 0.328 e. The number of halogens is 3. The maximum Gasteiger partial charge on any atom is 0.328 e. The summed E-state index contributed by atoms with van der Waals surface area (Å²) in [5, 5.41) is 3.89. The standard InChI is InChI=1S/C11H12BrCl2NO2/c1-3-9(11(16)17-2)15-10-7(13)4-6(12)5-8(10)14/h4-5,9,15H,3H2,1-2H3. The first-order valence-electron chi connectivity index (χ1n) is 4.98. The number of ether oxygens (including phenoxy) is 1. The van der Waals surface area contributed by atoms with Crippen LogP contribution in [0, 0.1) is 0 Å². The third-order valence-corrected chi connectivity index (χ3v) is 3.27. The van der Waals surface area contributed by atoms with Gasteiger partial charge in [-0.2, -0.15) is 0 Å². The highest BCUT2D eigenvalue weighted by Crippen LogP contribution is 2.34. The second-order valence-electron chi connectivity index (χ2n) is 3.37. The molecule has 0 aliphatic rings. The van der Waals surface area contributed by atoms with Gasteiger partial charge in [-0.1, -0.05) is 46.1 Å². The van der Waals surface area contributed by atoms with Crippen LogP contribution < -0.4 is 5.32 Å². The number of rotatable bonds is 4. The SMILES string of the molecule is CCC(Nc1c(Cl)cc(Br)cc1Cl)C(=O)OC. The molecule has 1 N–H and O–H groups in total. The predicted molar refractivity (Wildman–Crippen MR) is 73.9 cm³/mol. The molecule has 6 heteroatoms. The molecule has 0 aromatic heterocycles. The van der Waals surface area contributed by atoms with Gasteiger partial charge in [0.15, 0.2) is 0 Å². The van der Waals surface area contributed by atoms with Gasteiger partial charge >= 0.3 is 5.97 Å². The van der Waals surface area contributed by atoms with Crippen molar-refractivity contribution in [3.05, 3.63) is 26.7 Å². The Bertz CT molecular complexity index is 403. The summed E-state index contributed by atoms with van der Waals surface area (Å²) in [5.74, 6) is -0.345. The lowest BCUT2D eigenvalue weighted by molar-refractivity contribution is -0.141. The molecule has 1 rings (SSSR count). The number of carbonyl (C=O) groups is 1. The summed E-state index contributed by atoms with van der Waals surface area (Å²) in [6.07, 6.45) is 0.579. The van der Waals surface area contributed by atoms with E-state index in [0.29, 0.717) is 22.2 Å². The van der Waals surface area contributed by atoms with Gasteiger partial charge in [0.2, 0.25) is 0 Å². The van der Waals surface area contributed by atoms with Crippen molar-refractivity contribution >= 4 is 50.8 Å². The largest absolute Gasteiger partial charge is 0.467 e. The Morgan fingerprint density at radius 1 is 1.47 bits per heavy atom. The van der Waals surface area contributed by atoms with Crippen molar-refractivity contribution in [3.63, 3.8) is 0 Å². The minimum atomic E-state index is -0.462. The molecule has 0 saturated carbocycles. The molecule has 0 radical (unpaired) electrons. The zero-order valence-corrected chi connectivity index (χ0v) is 12.5. The second kappa shape index (κ2) is 6.47. The second-order valence-corrected chi connectivity index (χ2v) is 5.10. The Morgan fingerprint density at radius 2 is 2.00 bits per heavy atom. The first-order valence-corrected chi connectivity index (χ1v) is 6.53. The number of carbonyl (C=O) groups excluding carboxylic acids is 1. The van der Waals surface area contributed by atoms with Crippen LogP contribution in [0.25, 0.3) is 0 Å². The van der Waals surface area contributed by atoms with Gasteiger partial charge in [-0.05, 0) is 18.6 Å². The van der Waals surface area contributed by atoms with Crippen molar-refractivity contribution in [2.24, 2.45) is 0 Å². The molecule has 0 spiro atoms. The Balaban J connectivity index is 2.98. The van der Waals surface area contributed by atoms with Gasteiger partial charge in [0.05, 0.1) is 22.8 Å². The summed E-state index contributed by atoms with van der Waals surface area (Å²) >= 11 is 15.4. The van der Waals surface area contributed by atoms with E-state index in [0.717, 1.165) is 4.47 Å². The minimum absolute atomic E-state index is 0.345. The number of benzene rings is 1. The van der Waals surface area contributed by atoms with E-state index in [1.807, 2.05) is 6.92 Å². The van der Waals surface area contributed by atoms with E-state index in [-0.39, 0.29) is 5.97 Å². The van der Waals surface area contributed by atoms with Gasteiger partial charge in [0.1, 0.15) is 6.04 Å². The Kier molecular flexibility index (Phi) is 5.56. The van der Waals surface area contributed by atoms with Crippen molar-refractivity contribution in [1.82, 2.24) is 0 Å². The lowest BCUT2D eigenvalue weighted by Crippen LogP contribution is -2.30. The quantitative estimate of drug-likeness (QED) is 0.838. The molecule has 1 aromatic rings. The van der Waals surface area contributed by atoms with Gasteiger partial charge < -0.3 is 10.1 Å². The fourth-order valence-electron chi connectivity index (χ4n) is 1.32. The number of hydrogen-bond donors (Lipinski definition) is 1.